The molecule has 1 aromatic rings. The van der Waals surface area contributed by atoms with E-state index in [0.29, 0.717) is 13.0 Å². The van der Waals surface area contributed by atoms with Gasteiger partial charge in [0.25, 0.3) is 0 Å². The van der Waals surface area contributed by atoms with E-state index in [-0.39, 0.29) is 5.92 Å². The lowest BCUT2D eigenvalue weighted by atomic mass is 9.85. The maximum atomic E-state index is 10.7. The maximum absolute atomic E-state index is 10.7. The van der Waals surface area contributed by atoms with Crippen LogP contribution in [0.3, 0.4) is 0 Å². The lowest BCUT2D eigenvalue weighted by Gasteiger charge is -2.28. The van der Waals surface area contributed by atoms with E-state index >= 15 is 0 Å². The number of aromatic nitrogens is 2. The van der Waals surface area contributed by atoms with Gasteiger partial charge in [0.2, 0.25) is 0 Å². The Morgan fingerprint density at radius 1 is 1.67 bits per heavy atom. The summed E-state index contributed by atoms with van der Waals surface area (Å²) in [5, 5.41) is 15.1. The molecular weight excluding hydrogens is 190 g/mol. The van der Waals surface area contributed by atoms with E-state index in [0.717, 1.165) is 23.4 Å². The smallest absolute Gasteiger partial charge is 0.0973 e. The van der Waals surface area contributed by atoms with Gasteiger partial charge in [-0.1, -0.05) is 6.92 Å². The highest BCUT2D eigenvalue weighted by Gasteiger charge is 2.45. The molecular formula is C11H19N3O. The van der Waals surface area contributed by atoms with Crippen LogP contribution >= 0.6 is 0 Å². The third-order valence-electron chi connectivity index (χ3n) is 3.68. The van der Waals surface area contributed by atoms with Crippen molar-refractivity contribution in [1.29, 1.82) is 0 Å². The van der Waals surface area contributed by atoms with Crippen molar-refractivity contribution in [2.45, 2.75) is 32.3 Å². The molecule has 0 saturated carbocycles. The Morgan fingerprint density at radius 3 is 2.93 bits per heavy atom. The summed E-state index contributed by atoms with van der Waals surface area (Å²) in [6.45, 7) is 4.58. The first-order valence-electron chi connectivity index (χ1n) is 5.46. The molecule has 1 aliphatic carbocycles. The van der Waals surface area contributed by atoms with Crippen LogP contribution < -0.4 is 5.73 Å². The molecule has 0 amide bonds. The lowest BCUT2D eigenvalue weighted by molar-refractivity contribution is -0.0111. The van der Waals surface area contributed by atoms with Crippen LogP contribution in [0.15, 0.2) is 0 Å². The first-order valence-corrected chi connectivity index (χ1v) is 5.46. The zero-order valence-electron chi connectivity index (χ0n) is 9.62. The third kappa shape index (κ3) is 1.32. The largest absolute Gasteiger partial charge is 0.385 e. The van der Waals surface area contributed by atoms with Gasteiger partial charge in [-0.25, -0.2) is 0 Å². The molecule has 15 heavy (non-hydrogen) atoms. The summed E-state index contributed by atoms with van der Waals surface area (Å²) in [5.41, 5.74) is 7.94. The summed E-state index contributed by atoms with van der Waals surface area (Å²) in [4.78, 5) is 0. The van der Waals surface area contributed by atoms with Gasteiger partial charge in [-0.2, -0.15) is 5.10 Å². The van der Waals surface area contributed by atoms with Crippen molar-refractivity contribution < 1.29 is 5.11 Å². The van der Waals surface area contributed by atoms with Gasteiger partial charge >= 0.3 is 0 Å². The van der Waals surface area contributed by atoms with Crippen molar-refractivity contribution in [3.05, 3.63) is 17.0 Å². The highest BCUT2D eigenvalue weighted by atomic mass is 16.3. The van der Waals surface area contributed by atoms with Gasteiger partial charge in [0.05, 0.1) is 11.3 Å². The fourth-order valence-corrected chi connectivity index (χ4v) is 2.68. The molecule has 0 spiro atoms. The molecule has 1 heterocycles. The first kappa shape index (κ1) is 10.6. The molecule has 0 radical (unpaired) electrons. The second kappa shape index (κ2) is 3.32. The van der Waals surface area contributed by atoms with Crippen molar-refractivity contribution >= 4 is 0 Å². The Labute approximate surface area is 90.1 Å². The SMILES string of the molecule is Cc1c2c(nn1C)CC(C)C2(O)CCN. The summed E-state index contributed by atoms with van der Waals surface area (Å²) >= 11 is 0. The fraction of sp³-hybridized carbons (Fsp3) is 0.727. The van der Waals surface area contributed by atoms with E-state index in [1.807, 2.05) is 18.7 Å². The van der Waals surface area contributed by atoms with Crippen LogP contribution in [0.4, 0.5) is 0 Å². The van der Waals surface area contributed by atoms with Crippen LogP contribution in [-0.2, 0) is 19.1 Å². The summed E-state index contributed by atoms with van der Waals surface area (Å²) in [5.74, 6) is 0.221. The van der Waals surface area contributed by atoms with Crippen molar-refractivity contribution in [2.75, 3.05) is 6.54 Å². The van der Waals surface area contributed by atoms with E-state index in [1.165, 1.54) is 0 Å². The van der Waals surface area contributed by atoms with Gasteiger partial charge in [-0.3, -0.25) is 4.68 Å². The van der Waals surface area contributed by atoms with Gasteiger partial charge in [-0.05, 0) is 32.2 Å². The van der Waals surface area contributed by atoms with E-state index in [9.17, 15) is 5.11 Å². The standard InChI is InChI=1S/C11H19N3O/c1-7-6-9-10(8(2)14(3)13-9)11(7,15)4-5-12/h7,15H,4-6,12H2,1-3H3. The van der Waals surface area contributed by atoms with E-state index in [2.05, 4.69) is 12.0 Å². The summed E-state index contributed by atoms with van der Waals surface area (Å²) < 4.78 is 1.85. The monoisotopic (exact) mass is 209 g/mol. The van der Waals surface area contributed by atoms with Crippen LogP contribution in [0.25, 0.3) is 0 Å². The summed E-state index contributed by atoms with van der Waals surface area (Å²) in [6.07, 6.45) is 1.47. The van der Waals surface area contributed by atoms with Crippen LogP contribution in [0.1, 0.15) is 30.3 Å². The number of aliphatic hydroxyl groups is 1. The van der Waals surface area contributed by atoms with Gasteiger partial charge in [0.1, 0.15) is 0 Å². The summed E-state index contributed by atoms with van der Waals surface area (Å²) in [6, 6.07) is 0. The average Bonchev–Trinajstić information content (AvgIpc) is 2.54. The maximum Gasteiger partial charge on any atom is 0.0973 e. The second-order valence-electron chi connectivity index (χ2n) is 4.60. The minimum absolute atomic E-state index is 0.221. The third-order valence-corrected chi connectivity index (χ3v) is 3.68. The molecule has 3 N–H and O–H groups in total. The molecule has 0 fully saturated rings. The Kier molecular flexibility index (Phi) is 2.35. The minimum Gasteiger partial charge on any atom is -0.385 e. The number of fused-ring (bicyclic) bond motifs is 1. The zero-order valence-corrected chi connectivity index (χ0v) is 9.62. The Balaban J connectivity index is 2.51. The minimum atomic E-state index is -0.761. The number of hydrogen-bond donors (Lipinski definition) is 2. The van der Waals surface area contributed by atoms with Gasteiger partial charge in [0.15, 0.2) is 0 Å². The van der Waals surface area contributed by atoms with Crippen molar-refractivity contribution in [2.24, 2.45) is 18.7 Å². The predicted molar refractivity (Wildman–Crippen MR) is 58.4 cm³/mol. The van der Waals surface area contributed by atoms with Gasteiger partial charge in [0, 0.05) is 18.3 Å². The number of nitrogens with two attached hydrogens (primary N) is 1. The van der Waals surface area contributed by atoms with Crippen LogP contribution in [-0.4, -0.2) is 21.4 Å². The molecule has 2 unspecified atom stereocenters. The number of hydrogen-bond acceptors (Lipinski definition) is 3. The van der Waals surface area contributed by atoms with Crippen LogP contribution in [0, 0.1) is 12.8 Å². The number of aryl methyl sites for hydroxylation is 1. The summed E-state index contributed by atoms with van der Waals surface area (Å²) in [7, 11) is 1.92. The Morgan fingerprint density at radius 2 is 2.33 bits per heavy atom. The molecule has 84 valence electrons. The molecule has 2 atom stereocenters. The molecule has 1 aliphatic rings. The van der Waals surface area contributed by atoms with Crippen molar-refractivity contribution in [3.8, 4) is 0 Å². The number of rotatable bonds is 2. The molecule has 2 rings (SSSR count). The lowest BCUT2D eigenvalue weighted by Crippen LogP contribution is -2.33. The Hall–Kier alpha value is -0.870. The molecule has 1 aromatic heterocycles. The first-order chi connectivity index (χ1) is 7.00. The molecule has 0 saturated heterocycles. The highest BCUT2D eigenvalue weighted by molar-refractivity contribution is 5.37. The van der Waals surface area contributed by atoms with Crippen LogP contribution in [0.5, 0.6) is 0 Å². The Bertz CT molecular complexity index is 385. The fourth-order valence-electron chi connectivity index (χ4n) is 2.68. The van der Waals surface area contributed by atoms with Crippen molar-refractivity contribution in [1.82, 2.24) is 9.78 Å². The topological polar surface area (TPSA) is 64.1 Å². The molecule has 0 aromatic carbocycles. The second-order valence-corrected chi connectivity index (χ2v) is 4.60. The van der Waals surface area contributed by atoms with E-state index in [1.54, 1.807) is 0 Å². The normalized spacial score (nSPS) is 29.5. The highest BCUT2D eigenvalue weighted by Crippen LogP contribution is 2.44. The van der Waals surface area contributed by atoms with E-state index in [4.69, 9.17) is 5.73 Å². The van der Waals surface area contributed by atoms with Gasteiger partial charge < -0.3 is 10.8 Å². The van der Waals surface area contributed by atoms with Gasteiger partial charge in [-0.15, -0.1) is 0 Å². The number of nitrogens with zero attached hydrogens (tertiary/aromatic N) is 2. The quantitative estimate of drug-likeness (QED) is 0.743. The molecule has 4 nitrogen and oxygen atoms in total. The van der Waals surface area contributed by atoms with E-state index < -0.39 is 5.60 Å². The van der Waals surface area contributed by atoms with Crippen LogP contribution in [0.2, 0.25) is 0 Å². The zero-order chi connectivity index (χ0) is 11.2. The van der Waals surface area contributed by atoms with Crippen molar-refractivity contribution in [3.63, 3.8) is 0 Å². The predicted octanol–water partition coefficient (Wildman–Crippen LogP) is 0.457. The molecule has 4 heteroatoms. The average molecular weight is 209 g/mol. The molecule has 0 aliphatic heterocycles. The molecule has 0 bridgehead atoms.